The Balaban J connectivity index is 1.77. The minimum absolute atomic E-state index is 0.00560. The van der Waals surface area contributed by atoms with Crippen LogP contribution in [0.3, 0.4) is 0 Å². The Morgan fingerprint density at radius 3 is 2.60 bits per heavy atom. The average Bonchev–Trinajstić information content (AvgIpc) is 2.63. The van der Waals surface area contributed by atoms with Gasteiger partial charge < -0.3 is 14.4 Å². The van der Waals surface area contributed by atoms with Crippen LogP contribution in [0.2, 0.25) is 0 Å². The Morgan fingerprint density at radius 1 is 1.16 bits per heavy atom. The number of carbonyl (C=O) groups excluding carboxylic acids is 1. The van der Waals surface area contributed by atoms with Crippen molar-refractivity contribution in [2.75, 3.05) is 31.6 Å². The molecule has 0 spiro atoms. The molecule has 0 aromatic heterocycles. The van der Waals surface area contributed by atoms with Crippen LogP contribution >= 0.6 is 0 Å². The van der Waals surface area contributed by atoms with Crippen molar-refractivity contribution in [1.29, 1.82) is 0 Å². The molecule has 0 saturated carbocycles. The number of carbonyl (C=O) groups is 1. The van der Waals surface area contributed by atoms with Crippen molar-refractivity contribution in [3.63, 3.8) is 0 Å². The fraction of sp³-hybridized carbons (Fsp3) is 0.650. The lowest BCUT2D eigenvalue weighted by Crippen LogP contribution is -2.38. The summed E-state index contributed by atoms with van der Waals surface area (Å²) in [6.07, 6.45) is 5.96. The Kier molecular flexibility index (Phi) is 8.60. The highest BCUT2D eigenvalue weighted by atomic mass is 16.6. The molecule has 1 saturated heterocycles. The summed E-state index contributed by atoms with van der Waals surface area (Å²) in [5, 5.41) is 2.83. The molecule has 2 rings (SSSR count). The van der Waals surface area contributed by atoms with Gasteiger partial charge in [0, 0.05) is 13.1 Å². The Bertz CT molecular complexity index is 513. The predicted molar refractivity (Wildman–Crippen MR) is 101 cm³/mol. The van der Waals surface area contributed by atoms with Crippen molar-refractivity contribution < 1.29 is 14.3 Å². The van der Waals surface area contributed by atoms with Crippen LogP contribution in [0.25, 0.3) is 0 Å². The van der Waals surface area contributed by atoms with Crippen LogP contribution in [0.5, 0.6) is 5.75 Å². The number of rotatable bonds is 9. The Labute approximate surface area is 151 Å². The van der Waals surface area contributed by atoms with E-state index in [1.165, 1.54) is 12.8 Å². The summed E-state index contributed by atoms with van der Waals surface area (Å²) in [6.45, 7) is 8.16. The Hall–Kier alpha value is -1.75. The number of likely N-dealkylation sites (tertiary alicyclic amines) is 1. The molecule has 1 aliphatic heterocycles. The molecule has 0 bridgehead atoms. The van der Waals surface area contributed by atoms with E-state index in [4.69, 9.17) is 9.47 Å². The molecule has 0 aliphatic carbocycles. The van der Waals surface area contributed by atoms with Gasteiger partial charge in [-0.05, 0) is 44.4 Å². The topological polar surface area (TPSA) is 50.8 Å². The summed E-state index contributed by atoms with van der Waals surface area (Å²) in [5.41, 5.74) is 0.670. The van der Waals surface area contributed by atoms with Crippen LogP contribution in [0.4, 0.5) is 10.5 Å². The molecular formula is C20H32N2O3. The van der Waals surface area contributed by atoms with Gasteiger partial charge in [0.05, 0.1) is 12.3 Å². The summed E-state index contributed by atoms with van der Waals surface area (Å²) in [5.74, 6) is 0.697. The maximum absolute atomic E-state index is 12.2. The van der Waals surface area contributed by atoms with Crippen molar-refractivity contribution in [2.24, 2.45) is 0 Å². The molecular weight excluding hydrogens is 316 g/mol. The number of amides is 1. The van der Waals surface area contributed by atoms with Crippen LogP contribution in [0, 0.1) is 0 Å². The maximum Gasteiger partial charge on any atom is 0.412 e. The number of ether oxygens (including phenoxy) is 2. The lowest BCUT2D eigenvalue weighted by molar-refractivity contribution is 0.0586. The summed E-state index contributed by atoms with van der Waals surface area (Å²) in [7, 11) is 0. The van der Waals surface area contributed by atoms with Crippen molar-refractivity contribution >= 4 is 11.8 Å². The number of anilines is 1. The van der Waals surface area contributed by atoms with Gasteiger partial charge in [0.2, 0.25) is 0 Å². The molecule has 5 heteroatoms. The fourth-order valence-corrected chi connectivity index (χ4v) is 2.95. The molecule has 1 fully saturated rings. The van der Waals surface area contributed by atoms with Gasteiger partial charge in [-0.1, -0.05) is 38.8 Å². The van der Waals surface area contributed by atoms with Crippen LogP contribution in [-0.2, 0) is 4.74 Å². The van der Waals surface area contributed by atoms with E-state index in [0.29, 0.717) is 18.0 Å². The molecule has 1 aromatic rings. The summed E-state index contributed by atoms with van der Waals surface area (Å²) in [4.78, 5) is 14.7. The first-order valence-corrected chi connectivity index (χ1v) is 9.64. The van der Waals surface area contributed by atoms with Crippen molar-refractivity contribution in [1.82, 2.24) is 4.90 Å². The summed E-state index contributed by atoms with van der Waals surface area (Å²) in [6, 6.07) is 7.51. The highest BCUT2D eigenvalue weighted by Gasteiger charge is 2.22. The number of piperidine rings is 1. The first-order valence-electron chi connectivity index (χ1n) is 9.64. The third kappa shape index (κ3) is 6.94. The van der Waals surface area contributed by atoms with E-state index < -0.39 is 6.09 Å². The van der Waals surface area contributed by atoms with Gasteiger partial charge >= 0.3 is 6.09 Å². The van der Waals surface area contributed by atoms with Crippen molar-refractivity contribution in [3.8, 4) is 5.75 Å². The van der Waals surface area contributed by atoms with E-state index >= 15 is 0 Å². The highest BCUT2D eigenvalue weighted by molar-refractivity contribution is 5.86. The van der Waals surface area contributed by atoms with Gasteiger partial charge in [-0.15, -0.1) is 0 Å². The molecule has 1 N–H and O–H groups in total. The first-order chi connectivity index (χ1) is 12.2. The van der Waals surface area contributed by atoms with Crippen LogP contribution in [0.1, 0.15) is 52.4 Å². The van der Waals surface area contributed by atoms with Gasteiger partial charge in [-0.2, -0.15) is 0 Å². The smallest absolute Gasteiger partial charge is 0.412 e. The van der Waals surface area contributed by atoms with E-state index in [1.807, 2.05) is 24.3 Å². The molecule has 1 amide bonds. The number of benzene rings is 1. The zero-order valence-electron chi connectivity index (χ0n) is 15.6. The maximum atomic E-state index is 12.2. The zero-order valence-corrected chi connectivity index (χ0v) is 15.6. The fourth-order valence-electron chi connectivity index (χ4n) is 2.95. The molecule has 0 radical (unpaired) electrons. The van der Waals surface area contributed by atoms with E-state index in [2.05, 4.69) is 24.1 Å². The minimum atomic E-state index is -0.390. The lowest BCUT2D eigenvalue weighted by atomic mass is 10.1. The van der Waals surface area contributed by atoms with E-state index in [1.54, 1.807) is 0 Å². The van der Waals surface area contributed by atoms with Gasteiger partial charge in [0.15, 0.2) is 0 Å². The first kappa shape index (κ1) is 19.6. The molecule has 1 heterocycles. The molecule has 5 nitrogen and oxygen atoms in total. The molecule has 25 heavy (non-hydrogen) atoms. The monoisotopic (exact) mass is 348 g/mol. The summed E-state index contributed by atoms with van der Waals surface area (Å²) < 4.78 is 11.3. The second-order valence-corrected chi connectivity index (χ2v) is 6.62. The normalized spacial score (nSPS) is 15.8. The van der Waals surface area contributed by atoms with E-state index in [9.17, 15) is 4.79 Å². The van der Waals surface area contributed by atoms with Gasteiger partial charge in [-0.3, -0.25) is 5.32 Å². The molecule has 0 unspecified atom stereocenters. The van der Waals surface area contributed by atoms with Crippen LogP contribution < -0.4 is 10.1 Å². The number of para-hydroxylation sites is 2. The zero-order chi connectivity index (χ0) is 17.9. The second-order valence-electron chi connectivity index (χ2n) is 6.62. The van der Waals surface area contributed by atoms with Gasteiger partial charge in [0.25, 0.3) is 0 Å². The molecule has 0 atom stereocenters. The van der Waals surface area contributed by atoms with Gasteiger partial charge in [0.1, 0.15) is 11.9 Å². The van der Waals surface area contributed by atoms with E-state index in [-0.39, 0.29) is 6.10 Å². The average molecular weight is 348 g/mol. The predicted octanol–water partition coefficient (Wildman–Crippen LogP) is 4.68. The summed E-state index contributed by atoms with van der Waals surface area (Å²) >= 11 is 0. The second kappa shape index (κ2) is 11.0. The Morgan fingerprint density at radius 2 is 1.88 bits per heavy atom. The third-order valence-corrected chi connectivity index (χ3v) is 4.52. The third-order valence-electron chi connectivity index (χ3n) is 4.52. The highest BCUT2D eigenvalue weighted by Crippen LogP contribution is 2.24. The number of hydrogen-bond acceptors (Lipinski definition) is 4. The lowest BCUT2D eigenvalue weighted by Gasteiger charge is -2.31. The van der Waals surface area contributed by atoms with Crippen molar-refractivity contribution in [2.45, 2.75) is 58.5 Å². The molecule has 140 valence electrons. The van der Waals surface area contributed by atoms with Crippen molar-refractivity contribution in [3.05, 3.63) is 24.3 Å². The SMILES string of the molecule is CCCCOc1ccccc1NC(=O)OC1CCN(CCCC)CC1. The minimum Gasteiger partial charge on any atom is -0.491 e. The number of hydrogen-bond donors (Lipinski definition) is 1. The van der Waals surface area contributed by atoms with Gasteiger partial charge in [-0.25, -0.2) is 4.79 Å². The van der Waals surface area contributed by atoms with Crippen LogP contribution in [0.15, 0.2) is 24.3 Å². The quantitative estimate of drug-likeness (QED) is 0.658. The van der Waals surface area contributed by atoms with E-state index in [0.717, 1.165) is 45.3 Å². The molecule has 1 aliphatic rings. The molecule has 1 aromatic carbocycles. The largest absolute Gasteiger partial charge is 0.491 e. The number of nitrogens with zero attached hydrogens (tertiary/aromatic N) is 1. The number of unbranched alkanes of at least 4 members (excludes halogenated alkanes) is 2. The van der Waals surface area contributed by atoms with Crippen LogP contribution in [-0.4, -0.2) is 43.3 Å². The number of nitrogens with one attached hydrogen (secondary N) is 1. The standard InChI is InChI=1S/C20H32N2O3/c1-3-5-13-22-14-11-17(12-15-22)25-20(23)21-18-9-7-8-10-19(18)24-16-6-4-2/h7-10,17H,3-6,11-16H2,1-2H3,(H,21,23).